The van der Waals surface area contributed by atoms with Crippen LogP contribution >= 0.6 is 11.6 Å². The molecule has 1 aromatic heterocycles. The number of nitrogens with zero attached hydrogens (tertiary/aromatic N) is 2. The van der Waals surface area contributed by atoms with Crippen LogP contribution in [0.4, 0.5) is 5.82 Å². The van der Waals surface area contributed by atoms with Crippen molar-refractivity contribution < 1.29 is 5.11 Å². The number of halogens is 1. The first-order valence-electron chi connectivity index (χ1n) is 10.4. The SMILES string of the molecule is O[C@H]1CCCN(c2nc3cc(Cl)ccc3cc2CNC2CCCCCC2)C1. The third-order valence-corrected chi connectivity index (χ3v) is 6.20. The smallest absolute Gasteiger partial charge is 0.133 e. The molecule has 1 aliphatic carbocycles. The van der Waals surface area contributed by atoms with Crippen molar-refractivity contribution in [3.63, 3.8) is 0 Å². The number of aliphatic hydroxyl groups is 1. The lowest BCUT2D eigenvalue weighted by Gasteiger charge is -2.33. The van der Waals surface area contributed by atoms with Crippen molar-refractivity contribution in [2.24, 2.45) is 0 Å². The van der Waals surface area contributed by atoms with E-state index in [0.29, 0.717) is 17.6 Å². The Morgan fingerprint density at radius 2 is 1.89 bits per heavy atom. The number of β-amino-alcohol motifs (C(OH)–C–C–N with tert-alkyl or cyclic N) is 1. The molecule has 27 heavy (non-hydrogen) atoms. The van der Waals surface area contributed by atoms with Gasteiger partial charge >= 0.3 is 0 Å². The molecule has 2 aromatic rings. The van der Waals surface area contributed by atoms with E-state index in [1.54, 1.807) is 0 Å². The Morgan fingerprint density at radius 1 is 1.07 bits per heavy atom. The molecule has 1 aliphatic heterocycles. The van der Waals surface area contributed by atoms with E-state index in [0.717, 1.165) is 42.7 Å². The Kier molecular flexibility index (Phi) is 6.16. The molecule has 5 heteroatoms. The Morgan fingerprint density at radius 3 is 2.67 bits per heavy atom. The van der Waals surface area contributed by atoms with E-state index in [1.807, 2.05) is 12.1 Å². The molecule has 2 fully saturated rings. The van der Waals surface area contributed by atoms with E-state index in [4.69, 9.17) is 16.6 Å². The summed E-state index contributed by atoms with van der Waals surface area (Å²) in [6.07, 6.45) is 9.56. The number of fused-ring (bicyclic) bond motifs is 1. The number of aliphatic hydroxyl groups excluding tert-OH is 1. The summed E-state index contributed by atoms with van der Waals surface area (Å²) < 4.78 is 0. The molecule has 1 saturated heterocycles. The van der Waals surface area contributed by atoms with Crippen LogP contribution in [0, 0.1) is 0 Å². The topological polar surface area (TPSA) is 48.4 Å². The maximum absolute atomic E-state index is 10.1. The van der Waals surface area contributed by atoms with Crippen molar-refractivity contribution >= 4 is 28.3 Å². The van der Waals surface area contributed by atoms with Gasteiger partial charge in [0.1, 0.15) is 5.82 Å². The third-order valence-electron chi connectivity index (χ3n) is 5.97. The van der Waals surface area contributed by atoms with Gasteiger partial charge in [0.15, 0.2) is 0 Å². The number of hydrogen-bond acceptors (Lipinski definition) is 4. The van der Waals surface area contributed by atoms with Crippen molar-refractivity contribution in [3.05, 3.63) is 34.9 Å². The van der Waals surface area contributed by atoms with E-state index < -0.39 is 0 Å². The summed E-state index contributed by atoms with van der Waals surface area (Å²) in [5.41, 5.74) is 2.15. The normalized spacial score (nSPS) is 22.1. The fourth-order valence-electron chi connectivity index (χ4n) is 4.46. The zero-order valence-electron chi connectivity index (χ0n) is 16.0. The van der Waals surface area contributed by atoms with E-state index in [-0.39, 0.29) is 6.10 Å². The van der Waals surface area contributed by atoms with Crippen LogP contribution in [0.1, 0.15) is 56.9 Å². The van der Waals surface area contributed by atoms with Crippen molar-refractivity contribution in [1.29, 1.82) is 0 Å². The van der Waals surface area contributed by atoms with Crippen LogP contribution in [0.3, 0.4) is 0 Å². The highest BCUT2D eigenvalue weighted by molar-refractivity contribution is 6.31. The molecule has 4 nitrogen and oxygen atoms in total. The first-order valence-corrected chi connectivity index (χ1v) is 10.8. The van der Waals surface area contributed by atoms with Crippen LogP contribution in [0.15, 0.2) is 24.3 Å². The third kappa shape index (κ3) is 4.74. The minimum atomic E-state index is -0.265. The van der Waals surface area contributed by atoms with Crippen molar-refractivity contribution in [2.75, 3.05) is 18.0 Å². The van der Waals surface area contributed by atoms with E-state index in [9.17, 15) is 5.11 Å². The van der Waals surface area contributed by atoms with E-state index >= 15 is 0 Å². The fraction of sp³-hybridized carbons (Fsp3) is 0.591. The Balaban J connectivity index is 1.61. The van der Waals surface area contributed by atoms with Gasteiger partial charge in [0, 0.05) is 41.6 Å². The molecule has 0 radical (unpaired) electrons. The number of nitrogens with one attached hydrogen (secondary N) is 1. The molecular formula is C22H30ClN3O. The lowest BCUT2D eigenvalue weighted by atomic mass is 10.1. The van der Waals surface area contributed by atoms with Crippen LogP contribution < -0.4 is 10.2 Å². The van der Waals surface area contributed by atoms with Crippen LogP contribution in [-0.2, 0) is 6.54 Å². The molecule has 0 bridgehead atoms. The Labute approximate surface area is 166 Å². The molecule has 0 unspecified atom stereocenters. The molecule has 0 spiro atoms. The minimum Gasteiger partial charge on any atom is -0.391 e. The van der Waals surface area contributed by atoms with Gasteiger partial charge in [-0.1, -0.05) is 43.4 Å². The summed E-state index contributed by atoms with van der Waals surface area (Å²) in [6.45, 7) is 2.44. The fourth-order valence-corrected chi connectivity index (χ4v) is 4.63. The highest BCUT2D eigenvalue weighted by atomic mass is 35.5. The lowest BCUT2D eigenvalue weighted by Crippen LogP contribution is -2.39. The van der Waals surface area contributed by atoms with Crippen LogP contribution in [0.2, 0.25) is 5.02 Å². The molecule has 1 atom stereocenters. The maximum Gasteiger partial charge on any atom is 0.133 e. The zero-order valence-corrected chi connectivity index (χ0v) is 16.7. The van der Waals surface area contributed by atoms with Crippen LogP contribution in [0.5, 0.6) is 0 Å². The van der Waals surface area contributed by atoms with Crippen molar-refractivity contribution in [1.82, 2.24) is 10.3 Å². The number of aromatic nitrogens is 1. The predicted molar refractivity (Wildman–Crippen MR) is 113 cm³/mol. The van der Waals surface area contributed by atoms with Crippen LogP contribution in [-0.4, -0.2) is 35.3 Å². The summed E-state index contributed by atoms with van der Waals surface area (Å²) in [5, 5.41) is 15.8. The molecule has 2 N–H and O–H groups in total. The highest BCUT2D eigenvalue weighted by Crippen LogP contribution is 2.28. The first-order chi connectivity index (χ1) is 13.2. The molecular weight excluding hydrogens is 358 g/mol. The minimum absolute atomic E-state index is 0.265. The number of rotatable bonds is 4. The van der Waals surface area contributed by atoms with Gasteiger partial charge in [0.05, 0.1) is 11.6 Å². The Hall–Kier alpha value is -1.36. The Bertz CT molecular complexity index is 773. The molecule has 1 saturated carbocycles. The lowest BCUT2D eigenvalue weighted by molar-refractivity contribution is 0.154. The van der Waals surface area contributed by atoms with Gasteiger partial charge in [-0.2, -0.15) is 0 Å². The second kappa shape index (κ2) is 8.76. The summed E-state index contributed by atoms with van der Waals surface area (Å²) >= 11 is 6.19. The monoisotopic (exact) mass is 387 g/mol. The molecule has 2 aliphatic rings. The van der Waals surface area contributed by atoms with Gasteiger partial charge in [-0.3, -0.25) is 0 Å². The predicted octanol–water partition coefficient (Wildman–Crippen LogP) is 4.66. The summed E-state index contributed by atoms with van der Waals surface area (Å²) in [5.74, 6) is 1.00. The van der Waals surface area contributed by atoms with Crippen molar-refractivity contribution in [2.45, 2.75) is 70.1 Å². The molecule has 0 amide bonds. The van der Waals surface area contributed by atoms with Gasteiger partial charge in [-0.05, 0) is 43.9 Å². The van der Waals surface area contributed by atoms with Crippen LogP contribution in [0.25, 0.3) is 10.9 Å². The summed E-state index contributed by atoms with van der Waals surface area (Å²) in [6, 6.07) is 8.77. The second-order valence-electron chi connectivity index (χ2n) is 8.12. The number of benzene rings is 1. The maximum atomic E-state index is 10.1. The average molecular weight is 388 g/mol. The second-order valence-corrected chi connectivity index (χ2v) is 8.56. The molecule has 1 aromatic carbocycles. The van der Waals surface area contributed by atoms with E-state index in [1.165, 1.54) is 44.1 Å². The van der Waals surface area contributed by atoms with Crippen molar-refractivity contribution in [3.8, 4) is 0 Å². The molecule has 4 rings (SSSR count). The largest absolute Gasteiger partial charge is 0.391 e. The van der Waals surface area contributed by atoms with E-state index in [2.05, 4.69) is 22.3 Å². The summed E-state index contributed by atoms with van der Waals surface area (Å²) in [4.78, 5) is 7.22. The summed E-state index contributed by atoms with van der Waals surface area (Å²) in [7, 11) is 0. The van der Waals surface area contributed by atoms with Gasteiger partial charge in [0.2, 0.25) is 0 Å². The van der Waals surface area contributed by atoms with Gasteiger partial charge in [-0.15, -0.1) is 0 Å². The number of anilines is 1. The first kappa shape index (κ1) is 19.0. The highest BCUT2D eigenvalue weighted by Gasteiger charge is 2.22. The van der Waals surface area contributed by atoms with Gasteiger partial charge < -0.3 is 15.3 Å². The quantitative estimate of drug-likeness (QED) is 0.749. The zero-order chi connectivity index (χ0) is 18.6. The number of hydrogen-bond donors (Lipinski definition) is 2. The van der Waals surface area contributed by atoms with Gasteiger partial charge in [0.25, 0.3) is 0 Å². The average Bonchev–Trinajstić information content (AvgIpc) is 2.94. The number of piperidine rings is 1. The molecule has 2 heterocycles. The number of pyridine rings is 1. The standard InChI is InChI=1S/C22H30ClN3O/c23-18-10-9-16-12-17(14-24-19-6-3-1-2-4-7-19)22(25-21(16)13-18)26-11-5-8-20(27)15-26/h9-10,12-13,19-20,24,27H,1-8,11,14-15H2/t20-/m0/s1. The van der Waals surface area contributed by atoms with Gasteiger partial charge in [-0.25, -0.2) is 4.98 Å². The molecule has 146 valence electrons.